The van der Waals surface area contributed by atoms with E-state index in [2.05, 4.69) is 10.5 Å². The Balaban J connectivity index is 1.70. The fourth-order valence-corrected chi connectivity index (χ4v) is 4.76. The first-order chi connectivity index (χ1) is 13.4. The number of hydrogen-bond donors (Lipinski definition) is 2. The Bertz CT molecular complexity index is 982. The molecule has 0 bridgehead atoms. The molecular weight excluding hydrogens is 378 g/mol. The molecule has 28 heavy (non-hydrogen) atoms. The van der Waals surface area contributed by atoms with Crippen molar-refractivity contribution in [3.63, 3.8) is 0 Å². The number of rotatable bonds is 6. The molecule has 7 nitrogen and oxygen atoms in total. The van der Waals surface area contributed by atoms with Crippen molar-refractivity contribution in [1.29, 1.82) is 0 Å². The van der Waals surface area contributed by atoms with Crippen LogP contribution >= 0.6 is 0 Å². The molecule has 0 aliphatic heterocycles. The maximum atomic E-state index is 12.3. The van der Waals surface area contributed by atoms with Crippen molar-refractivity contribution in [2.24, 2.45) is 5.10 Å². The molecule has 0 aromatic heterocycles. The number of hydrazone groups is 1. The summed E-state index contributed by atoms with van der Waals surface area (Å²) in [6, 6.07) is 10.7. The number of nitrogens with one attached hydrogen (secondary N) is 1. The molecule has 1 saturated carbocycles. The Labute approximate surface area is 165 Å². The summed E-state index contributed by atoms with van der Waals surface area (Å²) in [5, 5.41) is 15.8. The number of fused-ring (bicyclic) bond motifs is 1. The van der Waals surface area contributed by atoms with Crippen LogP contribution in [0.5, 0.6) is 5.75 Å². The van der Waals surface area contributed by atoms with Gasteiger partial charge in [0.05, 0.1) is 19.0 Å². The van der Waals surface area contributed by atoms with Crippen LogP contribution in [0.1, 0.15) is 37.7 Å². The fraction of sp³-hybridized carbons (Fsp3) is 0.400. The molecule has 2 N–H and O–H groups in total. The van der Waals surface area contributed by atoms with Crippen molar-refractivity contribution in [1.82, 2.24) is 9.73 Å². The highest BCUT2D eigenvalue weighted by atomic mass is 32.2. The maximum Gasteiger partial charge on any atom is 0.255 e. The third-order valence-electron chi connectivity index (χ3n) is 5.04. The van der Waals surface area contributed by atoms with Crippen molar-refractivity contribution < 1.29 is 18.3 Å². The second-order valence-corrected chi connectivity index (χ2v) is 9.05. The Morgan fingerprint density at radius 2 is 1.93 bits per heavy atom. The molecule has 2 aromatic rings. The van der Waals surface area contributed by atoms with E-state index in [0.717, 1.165) is 49.1 Å². The lowest BCUT2D eigenvalue weighted by molar-refractivity contribution is -0.121. The van der Waals surface area contributed by atoms with E-state index in [1.54, 1.807) is 12.1 Å². The summed E-state index contributed by atoms with van der Waals surface area (Å²) >= 11 is 0. The smallest absolute Gasteiger partial charge is 0.255 e. The predicted molar refractivity (Wildman–Crippen MR) is 110 cm³/mol. The highest BCUT2D eigenvalue weighted by molar-refractivity contribution is 7.88. The lowest BCUT2D eigenvalue weighted by atomic mass is 9.95. The molecule has 1 fully saturated rings. The van der Waals surface area contributed by atoms with Gasteiger partial charge in [-0.15, -0.1) is 0 Å². The molecule has 3 rings (SSSR count). The Morgan fingerprint density at radius 3 is 2.64 bits per heavy atom. The summed E-state index contributed by atoms with van der Waals surface area (Å²) in [6.45, 7) is -0.262. The predicted octanol–water partition coefficient (Wildman–Crippen LogP) is 2.59. The van der Waals surface area contributed by atoms with E-state index < -0.39 is 15.9 Å². The van der Waals surface area contributed by atoms with Crippen LogP contribution in [0.4, 0.5) is 0 Å². The van der Waals surface area contributed by atoms with Gasteiger partial charge in [-0.05, 0) is 29.7 Å². The van der Waals surface area contributed by atoms with Crippen molar-refractivity contribution in [3.8, 4) is 5.75 Å². The van der Waals surface area contributed by atoms with Crippen molar-refractivity contribution in [2.75, 3.05) is 12.8 Å². The normalized spacial score (nSPS) is 16.1. The van der Waals surface area contributed by atoms with Gasteiger partial charge in [-0.1, -0.05) is 49.6 Å². The minimum absolute atomic E-state index is 0.0525. The van der Waals surface area contributed by atoms with E-state index in [9.17, 15) is 18.3 Å². The van der Waals surface area contributed by atoms with Gasteiger partial charge in [-0.25, -0.2) is 13.8 Å². The third-order valence-corrected chi connectivity index (χ3v) is 6.32. The zero-order valence-corrected chi connectivity index (χ0v) is 16.7. The van der Waals surface area contributed by atoms with Gasteiger partial charge in [0.2, 0.25) is 10.0 Å². The summed E-state index contributed by atoms with van der Waals surface area (Å²) in [5.41, 5.74) is 2.87. The van der Waals surface area contributed by atoms with Crippen LogP contribution in [0.3, 0.4) is 0 Å². The number of hydrogen-bond acceptors (Lipinski definition) is 5. The lowest BCUT2D eigenvalue weighted by Gasteiger charge is -2.31. The summed E-state index contributed by atoms with van der Waals surface area (Å²) < 4.78 is 25.5. The summed E-state index contributed by atoms with van der Waals surface area (Å²) in [7, 11) is -3.49. The zero-order valence-electron chi connectivity index (χ0n) is 15.8. The van der Waals surface area contributed by atoms with Crippen LogP contribution in [-0.4, -0.2) is 48.8 Å². The molecular formula is C20H25N3O4S. The molecule has 2 aromatic carbocycles. The number of aromatic hydroxyl groups is 1. The number of amides is 1. The Hall–Kier alpha value is -2.45. The zero-order chi connectivity index (χ0) is 20.1. The van der Waals surface area contributed by atoms with Crippen molar-refractivity contribution in [3.05, 3.63) is 42.0 Å². The molecule has 0 radical (unpaired) electrons. The average molecular weight is 404 g/mol. The minimum Gasteiger partial charge on any atom is -0.507 e. The Kier molecular flexibility index (Phi) is 6.31. The number of phenols is 1. The van der Waals surface area contributed by atoms with E-state index >= 15 is 0 Å². The van der Waals surface area contributed by atoms with E-state index in [-0.39, 0.29) is 18.3 Å². The summed E-state index contributed by atoms with van der Waals surface area (Å²) in [5.74, 6) is -0.455. The number of carbonyl (C=O) groups excluding carboxylic acids is 1. The first kappa shape index (κ1) is 20.3. The van der Waals surface area contributed by atoms with Crippen LogP contribution in [0.2, 0.25) is 0 Å². The minimum atomic E-state index is -3.49. The third kappa shape index (κ3) is 4.88. The second kappa shape index (κ2) is 8.70. The first-order valence-electron chi connectivity index (χ1n) is 9.35. The standard InChI is InChI=1S/C20H25N3O4S/c1-28(26,27)23(16-8-3-2-4-9-16)14-20(25)22-21-13-18-17-10-6-5-7-15(17)11-12-19(18)24/h5-7,10-13,16,24H,2-4,8-9,14H2,1H3,(H,22,25)/b21-13+. The number of sulfonamides is 1. The number of benzene rings is 2. The number of nitrogens with zero attached hydrogens (tertiary/aromatic N) is 2. The molecule has 0 heterocycles. The quantitative estimate of drug-likeness (QED) is 0.572. The highest BCUT2D eigenvalue weighted by Crippen LogP contribution is 2.26. The van der Waals surface area contributed by atoms with Crippen LogP contribution in [0, 0.1) is 0 Å². The fourth-order valence-electron chi connectivity index (χ4n) is 3.65. The lowest BCUT2D eigenvalue weighted by Crippen LogP contribution is -2.45. The summed E-state index contributed by atoms with van der Waals surface area (Å²) in [4.78, 5) is 12.3. The molecule has 1 aliphatic rings. The van der Waals surface area contributed by atoms with Gasteiger partial charge in [0.1, 0.15) is 5.75 Å². The van der Waals surface area contributed by atoms with Crippen LogP contribution in [-0.2, 0) is 14.8 Å². The van der Waals surface area contributed by atoms with Gasteiger partial charge in [-0.2, -0.15) is 9.41 Å². The van der Waals surface area contributed by atoms with Gasteiger partial charge in [0.25, 0.3) is 5.91 Å². The number of phenolic OH excluding ortho intramolecular Hbond substituents is 1. The van der Waals surface area contributed by atoms with Gasteiger partial charge < -0.3 is 5.11 Å². The van der Waals surface area contributed by atoms with E-state index in [1.165, 1.54) is 10.5 Å². The van der Waals surface area contributed by atoms with Gasteiger partial charge in [0.15, 0.2) is 0 Å². The molecule has 1 amide bonds. The molecule has 0 atom stereocenters. The van der Waals surface area contributed by atoms with Gasteiger partial charge in [-0.3, -0.25) is 4.79 Å². The molecule has 150 valence electrons. The largest absolute Gasteiger partial charge is 0.507 e. The Morgan fingerprint density at radius 1 is 1.21 bits per heavy atom. The molecule has 0 spiro atoms. The maximum absolute atomic E-state index is 12.3. The van der Waals surface area contributed by atoms with Gasteiger partial charge in [0, 0.05) is 11.6 Å². The van der Waals surface area contributed by atoms with Crippen LogP contribution < -0.4 is 5.43 Å². The monoisotopic (exact) mass is 403 g/mol. The molecule has 0 unspecified atom stereocenters. The SMILES string of the molecule is CS(=O)(=O)N(CC(=O)N/N=C/c1c(O)ccc2ccccc12)C1CCCCC1. The highest BCUT2D eigenvalue weighted by Gasteiger charge is 2.29. The first-order valence-corrected chi connectivity index (χ1v) is 11.2. The molecule has 8 heteroatoms. The van der Waals surface area contributed by atoms with E-state index in [1.807, 2.05) is 24.3 Å². The molecule has 1 aliphatic carbocycles. The van der Waals surface area contributed by atoms with Crippen LogP contribution in [0.15, 0.2) is 41.5 Å². The summed E-state index contributed by atoms with van der Waals surface area (Å²) in [6.07, 6.45) is 7.08. The van der Waals surface area contributed by atoms with E-state index in [0.29, 0.717) is 5.56 Å². The van der Waals surface area contributed by atoms with Gasteiger partial charge >= 0.3 is 0 Å². The topological polar surface area (TPSA) is 99.1 Å². The van der Waals surface area contributed by atoms with Crippen LogP contribution in [0.25, 0.3) is 10.8 Å². The van der Waals surface area contributed by atoms with Crippen molar-refractivity contribution >= 4 is 32.9 Å². The average Bonchev–Trinajstić information content (AvgIpc) is 2.67. The van der Waals surface area contributed by atoms with Crippen molar-refractivity contribution in [2.45, 2.75) is 38.1 Å². The molecule has 0 saturated heterocycles. The number of carbonyl (C=O) groups is 1. The second-order valence-electron chi connectivity index (χ2n) is 7.11. The van der Waals surface area contributed by atoms with E-state index in [4.69, 9.17) is 0 Å².